The molecule has 6 nitrogen and oxygen atoms in total. The zero-order valence-electron chi connectivity index (χ0n) is 16.0. The van der Waals surface area contributed by atoms with Gasteiger partial charge in [0.25, 0.3) is 0 Å². The van der Waals surface area contributed by atoms with Gasteiger partial charge in [0.05, 0.1) is 5.69 Å². The van der Waals surface area contributed by atoms with Gasteiger partial charge in [-0.2, -0.15) is 0 Å². The van der Waals surface area contributed by atoms with Gasteiger partial charge >= 0.3 is 6.09 Å². The van der Waals surface area contributed by atoms with E-state index in [1.54, 1.807) is 16.2 Å². The minimum absolute atomic E-state index is 0.0257. The van der Waals surface area contributed by atoms with Crippen LogP contribution in [-0.2, 0) is 22.4 Å². The maximum Gasteiger partial charge on any atom is 0.410 e. The summed E-state index contributed by atoms with van der Waals surface area (Å²) < 4.78 is 5.40. The third-order valence-electron chi connectivity index (χ3n) is 4.84. The molecule has 1 aromatic heterocycles. The van der Waals surface area contributed by atoms with E-state index in [0.717, 1.165) is 18.0 Å². The first-order chi connectivity index (χ1) is 12.3. The Bertz CT molecular complexity index is 634. The van der Waals surface area contributed by atoms with Crippen molar-refractivity contribution in [3.05, 3.63) is 10.6 Å². The first kappa shape index (κ1) is 19.1. The monoisotopic (exact) mass is 379 g/mol. The van der Waals surface area contributed by atoms with Gasteiger partial charge in [0.15, 0.2) is 5.13 Å². The average Bonchev–Trinajstić information content (AvgIpc) is 2.81. The number of hydrogen-bond donors (Lipinski definition) is 1. The van der Waals surface area contributed by atoms with Crippen LogP contribution in [-0.4, -0.2) is 40.6 Å². The molecule has 1 fully saturated rings. The maximum atomic E-state index is 12.6. The summed E-state index contributed by atoms with van der Waals surface area (Å²) >= 11 is 1.63. The lowest BCUT2D eigenvalue weighted by Gasteiger charge is -2.32. The molecule has 0 radical (unpaired) electrons. The molecule has 1 aliphatic heterocycles. The Morgan fingerprint density at radius 3 is 2.54 bits per heavy atom. The number of aromatic nitrogens is 1. The Labute approximate surface area is 159 Å². The number of likely N-dealkylation sites (tertiary alicyclic amines) is 1. The number of hydrogen-bond acceptors (Lipinski definition) is 5. The molecule has 1 aromatic rings. The highest BCUT2D eigenvalue weighted by atomic mass is 32.1. The molecule has 3 rings (SSSR count). The van der Waals surface area contributed by atoms with Crippen LogP contribution < -0.4 is 5.32 Å². The molecule has 0 bridgehead atoms. The van der Waals surface area contributed by atoms with Crippen LogP contribution in [0.3, 0.4) is 0 Å². The lowest BCUT2D eigenvalue weighted by molar-refractivity contribution is -0.121. The van der Waals surface area contributed by atoms with Crippen molar-refractivity contribution in [3.8, 4) is 0 Å². The predicted octanol–water partition coefficient (Wildman–Crippen LogP) is 4.00. The highest BCUT2D eigenvalue weighted by Gasteiger charge is 2.30. The molecule has 144 valence electrons. The fraction of sp³-hybridized carbons (Fsp3) is 0.737. The zero-order valence-corrected chi connectivity index (χ0v) is 16.8. The largest absolute Gasteiger partial charge is 0.444 e. The summed E-state index contributed by atoms with van der Waals surface area (Å²) in [4.78, 5) is 32.3. The fourth-order valence-corrected chi connectivity index (χ4v) is 4.49. The molecule has 1 saturated heterocycles. The summed E-state index contributed by atoms with van der Waals surface area (Å²) in [7, 11) is 0. The van der Waals surface area contributed by atoms with Crippen molar-refractivity contribution in [1.82, 2.24) is 9.88 Å². The summed E-state index contributed by atoms with van der Waals surface area (Å²) in [5.41, 5.74) is 0.677. The van der Waals surface area contributed by atoms with Gasteiger partial charge in [-0.1, -0.05) is 6.42 Å². The van der Waals surface area contributed by atoms with E-state index in [9.17, 15) is 9.59 Å². The van der Waals surface area contributed by atoms with E-state index in [-0.39, 0.29) is 17.9 Å². The lowest BCUT2D eigenvalue weighted by Crippen LogP contribution is -2.43. The minimum atomic E-state index is -0.492. The molecule has 0 unspecified atom stereocenters. The first-order valence-electron chi connectivity index (χ1n) is 9.59. The topological polar surface area (TPSA) is 71.5 Å². The summed E-state index contributed by atoms with van der Waals surface area (Å²) in [6.07, 6.45) is 6.80. The smallest absolute Gasteiger partial charge is 0.410 e. The first-order valence-corrected chi connectivity index (χ1v) is 10.4. The Morgan fingerprint density at radius 2 is 1.85 bits per heavy atom. The van der Waals surface area contributed by atoms with Crippen LogP contribution >= 0.6 is 11.3 Å². The van der Waals surface area contributed by atoms with Crippen LogP contribution in [0.5, 0.6) is 0 Å². The maximum absolute atomic E-state index is 12.6. The molecular formula is C19H29N3O3S. The predicted molar refractivity (Wildman–Crippen MR) is 103 cm³/mol. The highest BCUT2D eigenvalue weighted by Crippen LogP contribution is 2.30. The molecule has 0 aromatic carbocycles. The lowest BCUT2D eigenvalue weighted by atomic mass is 9.96. The van der Waals surface area contributed by atoms with Gasteiger partial charge in [0.1, 0.15) is 5.60 Å². The average molecular weight is 380 g/mol. The molecule has 1 aliphatic carbocycles. The molecule has 0 spiro atoms. The number of thiazole rings is 1. The second-order valence-electron chi connectivity index (χ2n) is 8.18. The van der Waals surface area contributed by atoms with Gasteiger partial charge in [-0.3, -0.25) is 4.79 Å². The molecule has 2 heterocycles. The third-order valence-corrected chi connectivity index (χ3v) is 5.92. The molecule has 2 aliphatic rings. The normalized spacial score (nSPS) is 18.8. The van der Waals surface area contributed by atoms with Crippen molar-refractivity contribution in [3.63, 3.8) is 0 Å². The van der Waals surface area contributed by atoms with Crippen LogP contribution in [0, 0.1) is 5.92 Å². The molecule has 26 heavy (non-hydrogen) atoms. The number of anilines is 1. The summed E-state index contributed by atoms with van der Waals surface area (Å²) in [5, 5.41) is 3.74. The van der Waals surface area contributed by atoms with E-state index in [1.165, 1.54) is 29.8 Å². The SMILES string of the molecule is CC(C)(C)OC(=O)N1CCC(C(=O)Nc2nc3c(s2)CCCCC3)CC1. The van der Waals surface area contributed by atoms with Crippen LogP contribution in [0.25, 0.3) is 0 Å². The fourth-order valence-electron chi connectivity index (χ4n) is 3.44. The highest BCUT2D eigenvalue weighted by molar-refractivity contribution is 7.15. The number of aryl methyl sites for hydroxylation is 2. The number of amides is 2. The van der Waals surface area contributed by atoms with Crippen LogP contribution in [0.15, 0.2) is 0 Å². The molecule has 1 N–H and O–H groups in total. The van der Waals surface area contributed by atoms with Crippen molar-refractivity contribution in [1.29, 1.82) is 0 Å². The number of rotatable bonds is 2. The number of nitrogens with zero attached hydrogens (tertiary/aromatic N) is 2. The van der Waals surface area contributed by atoms with E-state index < -0.39 is 5.60 Å². The van der Waals surface area contributed by atoms with Crippen LogP contribution in [0.2, 0.25) is 0 Å². The van der Waals surface area contributed by atoms with E-state index >= 15 is 0 Å². The van der Waals surface area contributed by atoms with Crippen molar-refractivity contribution in [2.75, 3.05) is 18.4 Å². The van der Waals surface area contributed by atoms with E-state index in [4.69, 9.17) is 4.74 Å². The van der Waals surface area contributed by atoms with Crippen molar-refractivity contribution in [2.24, 2.45) is 5.92 Å². The van der Waals surface area contributed by atoms with Crippen molar-refractivity contribution in [2.45, 2.75) is 71.3 Å². The van der Waals surface area contributed by atoms with Crippen molar-refractivity contribution >= 4 is 28.5 Å². The van der Waals surface area contributed by atoms with E-state index in [0.29, 0.717) is 25.9 Å². The minimum Gasteiger partial charge on any atom is -0.444 e. The number of carbonyl (C=O) groups excluding carboxylic acids is 2. The Balaban J connectivity index is 1.50. The van der Waals surface area contributed by atoms with Gasteiger partial charge in [-0.05, 0) is 59.3 Å². The standard InChI is InChI=1S/C19H29N3O3S/c1-19(2,3)25-18(24)22-11-9-13(10-12-22)16(23)21-17-20-14-7-5-4-6-8-15(14)26-17/h13H,4-12H2,1-3H3,(H,20,21,23). The number of nitrogens with one attached hydrogen (secondary N) is 1. The van der Waals surface area contributed by atoms with Crippen LogP contribution in [0.1, 0.15) is 63.4 Å². The number of ether oxygens (including phenoxy) is 1. The third kappa shape index (κ3) is 4.96. The summed E-state index contributed by atoms with van der Waals surface area (Å²) in [5.74, 6) is -0.0462. The number of fused-ring (bicyclic) bond motifs is 1. The van der Waals surface area contributed by atoms with Gasteiger partial charge in [0.2, 0.25) is 5.91 Å². The number of carbonyl (C=O) groups is 2. The molecule has 0 atom stereocenters. The Kier molecular flexibility index (Phi) is 5.85. The van der Waals surface area contributed by atoms with Gasteiger partial charge < -0.3 is 15.0 Å². The number of piperidine rings is 1. The quantitative estimate of drug-likeness (QED) is 0.789. The molecular weight excluding hydrogens is 350 g/mol. The molecule has 2 amide bonds. The van der Waals surface area contributed by atoms with Gasteiger partial charge in [0, 0.05) is 23.9 Å². The Morgan fingerprint density at radius 1 is 1.15 bits per heavy atom. The second kappa shape index (κ2) is 7.94. The van der Waals surface area contributed by atoms with E-state index in [2.05, 4.69) is 10.3 Å². The van der Waals surface area contributed by atoms with Crippen LogP contribution in [0.4, 0.5) is 9.93 Å². The molecule has 0 saturated carbocycles. The summed E-state index contributed by atoms with van der Waals surface area (Å²) in [6, 6.07) is 0. The van der Waals surface area contributed by atoms with Gasteiger partial charge in [-0.25, -0.2) is 9.78 Å². The molecule has 7 heteroatoms. The Hall–Kier alpha value is -1.63. The zero-order chi connectivity index (χ0) is 18.7. The van der Waals surface area contributed by atoms with Crippen molar-refractivity contribution < 1.29 is 14.3 Å². The second-order valence-corrected chi connectivity index (χ2v) is 9.26. The van der Waals surface area contributed by atoms with E-state index in [1.807, 2.05) is 20.8 Å². The van der Waals surface area contributed by atoms with Gasteiger partial charge in [-0.15, -0.1) is 11.3 Å². The summed E-state index contributed by atoms with van der Waals surface area (Å²) in [6.45, 7) is 6.70.